The van der Waals surface area contributed by atoms with Crippen LogP contribution in [0.5, 0.6) is 0 Å². The normalized spacial score (nSPS) is 12.1. The molecule has 0 rings (SSSR count). The summed E-state index contributed by atoms with van der Waals surface area (Å²) in [4.78, 5) is 0. The van der Waals surface area contributed by atoms with Crippen molar-refractivity contribution in [3.63, 3.8) is 0 Å². The van der Waals surface area contributed by atoms with Gasteiger partial charge in [-0.1, -0.05) is 27.6 Å². The monoisotopic (exact) mass is 206 g/mol. The van der Waals surface area contributed by atoms with E-state index in [4.69, 9.17) is 4.74 Å². The van der Waals surface area contributed by atoms with Crippen LogP contribution in [0.25, 0.3) is 0 Å². The summed E-state index contributed by atoms with van der Waals surface area (Å²) in [5.41, 5.74) is 1.32. The van der Waals surface area contributed by atoms with Gasteiger partial charge in [-0.3, -0.25) is 0 Å². The second-order valence-corrected chi connectivity index (χ2v) is 2.96. The maximum absolute atomic E-state index is 5.21. The summed E-state index contributed by atoms with van der Waals surface area (Å²) >= 11 is 3.36. The Bertz CT molecular complexity index is 99.4. The van der Waals surface area contributed by atoms with E-state index in [9.17, 15) is 0 Å². The predicted octanol–water partition coefficient (Wildman–Crippen LogP) is 2.75. The molecule has 0 amide bonds. The highest BCUT2D eigenvalue weighted by Crippen LogP contribution is 1.97. The Morgan fingerprint density at radius 1 is 1.60 bits per heavy atom. The van der Waals surface area contributed by atoms with Crippen molar-refractivity contribution < 1.29 is 4.74 Å². The van der Waals surface area contributed by atoms with Crippen LogP contribution in [0.4, 0.5) is 0 Å². The second kappa shape index (κ2) is 7.29. The van der Waals surface area contributed by atoms with E-state index in [2.05, 4.69) is 28.9 Å². The van der Waals surface area contributed by atoms with Crippen molar-refractivity contribution in [2.75, 3.05) is 18.5 Å². The van der Waals surface area contributed by atoms with Gasteiger partial charge in [0, 0.05) is 11.9 Å². The number of hydrogen-bond donors (Lipinski definition) is 0. The van der Waals surface area contributed by atoms with E-state index in [1.165, 1.54) is 5.57 Å². The molecule has 0 spiro atoms. The molecule has 0 heterocycles. The Morgan fingerprint density at radius 3 is 2.80 bits per heavy atom. The van der Waals surface area contributed by atoms with Gasteiger partial charge in [0.05, 0.1) is 6.61 Å². The fourth-order valence-electron chi connectivity index (χ4n) is 0.623. The zero-order chi connectivity index (χ0) is 7.82. The average Bonchev–Trinajstić information content (AvgIpc) is 1.97. The number of alkyl halides is 1. The van der Waals surface area contributed by atoms with E-state index in [0.717, 1.165) is 25.0 Å². The van der Waals surface area contributed by atoms with Gasteiger partial charge in [0.25, 0.3) is 0 Å². The molecule has 0 N–H and O–H groups in total. The average molecular weight is 207 g/mol. The molecule has 0 saturated carbocycles. The first-order valence-electron chi connectivity index (χ1n) is 3.60. The molecule has 0 atom stereocenters. The molecule has 0 aliphatic heterocycles. The van der Waals surface area contributed by atoms with Crippen LogP contribution in [0.1, 0.15) is 20.3 Å². The summed E-state index contributed by atoms with van der Waals surface area (Å²) in [7, 11) is 0. The van der Waals surface area contributed by atoms with Gasteiger partial charge in [0.1, 0.15) is 0 Å². The third kappa shape index (κ3) is 6.30. The number of ether oxygens (including phenoxy) is 1. The van der Waals surface area contributed by atoms with Gasteiger partial charge in [0.15, 0.2) is 0 Å². The molecule has 10 heavy (non-hydrogen) atoms. The maximum atomic E-state index is 5.21. The van der Waals surface area contributed by atoms with E-state index in [1.807, 2.05) is 6.92 Å². The van der Waals surface area contributed by atoms with Gasteiger partial charge in [-0.2, -0.15) is 0 Å². The maximum Gasteiger partial charge on any atom is 0.0673 e. The van der Waals surface area contributed by atoms with Crippen molar-refractivity contribution in [1.29, 1.82) is 0 Å². The lowest BCUT2D eigenvalue weighted by Crippen LogP contribution is -1.94. The summed E-state index contributed by atoms with van der Waals surface area (Å²) in [5.74, 6) is 0. The number of rotatable bonds is 5. The Morgan fingerprint density at radius 2 is 2.30 bits per heavy atom. The van der Waals surface area contributed by atoms with Crippen LogP contribution < -0.4 is 0 Å². The highest BCUT2D eigenvalue weighted by molar-refractivity contribution is 9.09. The quantitative estimate of drug-likeness (QED) is 0.497. The van der Waals surface area contributed by atoms with Gasteiger partial charge in [-0.15, -0.1) is 0 Å². The van der Waals surface area contributed by atoms with Gasteiger partial charge < -0.3 is 4.74 Å². The zero-order valence-corrected chi connectivity index (χ0v) is 8.28. The Balaban J connectivity index is 3.30. The molecule has 0 fully saturated rings. The molecule has 0 saturated heterocycles. The molecular formula is C8H15BrO. The van der Waals surface area contributed by atoms with Crippen LogP contribution in [0, 0.1) is 0 Å². The number of halogens is 1. The van der Waals surface area contributed by atoms with E-state index in [1.54, 1.807) is 0 Å². The molecule has 2 heteroatoms. The molecule has 0 aliphatic carbocycles. The van der Waals surface area contributed by atoms with Gasteiger partial charge in [0.2, 0.25) is 0 Å². The van der Waals surface area contributed by atoms with Gasteiger partial charge >= 0.3 is 0 Å². The van der Waals surface area contributed by atoms with Crippen LogP contribution in [0.3, 0.4) is 0 Å². The summed E-state index contributed by atoms with van der Waals surface area (Å²) in [5, 5.41) is 1.04. The lowest BCUT2D eigenvalue weighted by molar-refractivity contribution is 0.170. The minimum atomic E-state index is 0.781. The number of allylic oxidation sites excluding steroid dienone is 1. The van der Waals surface area contributed by atoms with Crippen LogP contribution in [-0.2, 0) is 4.74 Å². The molecule has 0 aromatic heterocycles. The summed E-state index contributed by atoms with van der Waals surface area (Å²) in [6, 6.07) is 0. The second-order valence-electron chi connectivity index (χ2n) is 2.17. The summed E-state index contributed by atoms with van der Waals surface area (Å²) < 4.78 is 5.21. The Kier molecular flexibility index (Phi) is 7.42. The van der Waals surface area contributed by atoms with Crippen molar-refractivity contribution in [3.05, 3.63) is 11.6 Å². The smallest absolute Gasteiger partial charge is 0.0673 e. The van der Waals surface area contributed by atoms with Gasteiger partial charge in [-0.05, 0) is 20.3 Å². The summed E-state index contributed by atoms with van der Waals surface area (Å²) in [6.45, 7) is 5.69. The molecular weight excluding hydrogens is 192 g/mol. The standard InChI is InChI=1S/C8H15BrO/c1-3-10-7-8(2)5-4-6-9/h5H,3-4,6-7H2,1-2H3/b8-5+. The molecule has 1 nitrogen and oxygen atoms in total. The third-order valence-electron chi connectivity index (χ3n) is 1.14. The molecule has 0 unspecified atom stereocenters. The van der Waals surface area contributed by atoms with E-state index >= 15 is 0 Å². The first-order valence-corrected chi connectivity index (χ1v) is 4.72. The zero-order valence-electron chi connectivity index (χ0n) is 6.69. The SMILES string of the molecule is CCOC/C(C)=C/CCBr. The van der Waals surface area contributed by atoms with Crippen LogP contribution in [-0.4, -0.2) is 18.5 Å². The molecule has 60 valence electrons. The highest BCUT2D eigenvalue weighted by atomic mass is 79.9. The van der Waals surface area contributed by atoms with Crippen molar-refractivity contribution in [3.8, 4) is 0 Å². The Hall–Kier alpha value is 0.180. The molecule has 0 bridgehead atoms. The van der Waals surface area contributed by atoms with Crippen LogP contribution in [0.2, 0.25) is 0 Å². The molecule has 0 aromatic carbocycles. The highest BCUT2D eigenvalue weighted by Gasteiger charge is 1.86. The van der Waals surface area contributed by atoms with E-state index in [0.29, 0.717) is 0 Å². The summed E-state index contributed by atoms with van der Waals surface area (Å²) in [6.07, 6.45) is 3.29. The van der Waals surface area contributed by atoms with E-state index in [-0.39, 0.29) is 0 Å². The van der Waals surface area contributed by atoms with Crippen molar-refractivity contribution >= 4 is 15.9 Å². The third-order valence-corrected chi connectivity index (χ3v) is 1.59. The van der Waals surface area contributed by atoms with Gasteiger partial charge in [-0.25, -0.2) is 0 Å². The first-order chi connectivity index (χ1) is 4.81. The minimum Gasteiger partial charge on any atom is -0.377 e. The van der Waals surface area contributed by atoms with E-state index < -0.39 is 0 Å². The van der Waals surface area contributed by atoms with Crippen molar-refractivity contribution in [2.24, 2.45) is 0 Å². The van der Waals surface area contributed by atoms with Crippen molar-refractivity contribution in [1.82, 2.24) is 0 Å². The largest absolute Gasteiger partial charge is 0.377 e. The fraction of sp³-hybridized carbons (Fsp3) is 0.750. The van der Waals surface area contributed by atoms with Crippen LogP contribution >= 0.6 is 15.9 Å². The lowest BCUT2D eigenvalue weighted by Gasteiger charge is -1.99. The van der Waals surface area contributed by atoms with Crippen LogP contribution in [0.15, 0.2) is 11.6 Å². The minimum absolute atomic E-state index is 0.781. The molecule has 0 radical (unpaired) electrons. The molecule has 0 aromatic rings. The first kappa shape index (κ1) is 10.2. The fourth-order valence-corrected chi connectivity index (χ4v) is 0.852. The molecule has 0 aliphatic rings. The van der Waals surface area contributed by atoms with Crippen molar-refractivity contribution in [2.45, 2.75) is 20.3 Å². The predicted molar refractivity (Wildman–Crippen MR) is 48.7 cm³/mol. The topological polar surface area (TPSA) is 9.23 Å². The Labute approximate surface area is 71.6 Å². The number of hydrogen-bond acceptors (Lipinski definition) is 1. The lowest BCUT2D eigenvalue weighted by atomic mass is 10.3.